The number of esters is 1. The maximum atomic E-state index is 12.5. The quantitative estimate of drug-likeness (QED) is 0.795. The predicted molar refractivity (Wildman–Crippen MR) is 82.8 cm³/mol. The van der Waals surface area contributed by atoms with E-state index < -0.39 is 0 Å². The van der Waals surface area contributed by atoms with Crippen LogP contribution in [0.5, 0.6) is 0 Å². The summed E-state index contributed by atoms with van der Waals surface area (Å²) >= 11 is 0. The number of benzene rings is 1. The van der Waals surface area contributed by atoms with E-state index >= 15 is 0 Å². The van der Waals surface area contributed by atoms with Crippen molar-refractivity contribution in [2.45, 2.75) is 51.7 Å². The molecule has 1 aromatic carbocycles. The molecule has 3 nitrogen and oxygen atoms in total. The first kappa shape index (κ1) is 14.6. The Hall–Kier alpha value is -1.35. The molecule has 2 bridgehead atoms. The highest BCUT2D eigenvalue weighted by molar-refractivity contribution is 5.77. The van der Waals surface area contributed by atoms with E-state index in [1.54, 1.807) is 0 Å². The molecule has 0 N–H and O–H groups in total. The number of rotatable bonds is 4. The molecule has 5 atom stereocenters. The van der Waals surface area contributed by atoms with Crippen LogP contribution in [0, 0.1) is 11.8 Å². The van der Waals surface area contributed by atoms with Crippen molar-refractivity contribution in [3.05, 3.63) is 35.9 Å². The van der Waals surface area contributed by atoms with Crippen molar-refractivity contribution in [3.8, 4) is 0 Å². The van der Waals surface area contributed by atoms with Gasteiger partial charge < -0.3 is 4.74 Å². The molecule has 2 unspecified atom stereocenters. The smallest absolute Gasteiger partial charge is 0.323 e. The highest BCUT2D eigenvalue weighted by Gasteiger charge is 2.55. The normalized spacial score (nSPS) is 33.1. The molecule has 3 heteroatoms. The van der Waals surface area contributed by atoms with Crippen LogP contribution in [-0.2, 0) is 9.53 Å². The Morgan fingerprint density at radius 2 is 2.05 bits per heavy atom. The molecule has 2 fully saturated rings. The Labute approximate surface area is 127 Å². The third-order valence-electron chi connectivity index (χ3n) is 5.45. The van der Waals surface area contributed by atoms with Crippen LogP contribution in [0.4, 0.5) is 0 Å². The molecule has 0 spiro atoms. The van der Waals surface area contributed by atoms with Gasteiger partial charge in [-0.3, -0.25) is 9.69 Å². The van der Waals surface area contributed by atoms with Gasteiger partial charge in [-0.15, -0.1) is 0 Å². The summed E-state index contributed by atoms with van der Waals surface area (Å²) in [6.45, 7) is 6.87. The second-order valence-electron chi connectivity index (χ2n) is 6.40. The number of nitrogens with zero attached hydrogens (tertiary/aromatic N) is 1. The minimum Gasteiger partial charge on any atom is -0.465 e. The van der Waals surface area contributed by atoms with Gasteiger partial charge in [-0.2, -0.15) is 0 Å². The van der Waals surface area contributed by atoms with Crippen molar-refractivity contribution in [1.82, 2.24) is 4.90 Å². The first-order valence-electron chi connectivity index (χ1n) is 8.14. The van der Waals surface area contributed by atoms with Crippen molar-refractivity contribution >= 4 is 5.97 Å². The molecule has 1 heterocycles. The summed E-state index contributed by atoms with van der Waals surface area (Å²) in [5, 5.41) is 0. The molecule has 1 aromatic rings. The largest absolute Gasteiger partial charge is 0.465 e. The molecule has 114 valence electrons. The zero-order chi connectivity index (χ0) is 15.0. The molecule has 1 saturated heterocycles. The number of hydrogen-bond acceptors (Lipinski definition) is 3. The first-order chi connectivity index (χ1) is 10.1. The zero-order valence-electron chi connectivity index (χ0n) is 13.2. The predicted octanol–water partition coefficient (Wildman–Crippen LogP) is 3.41. The van der Waals surface area contributed by atoms with E-state index in [-0.39, 0.29) is 18.1 Å². The molecule has 21 heavy (non-hydrogen) atoms. The number of piperidine rings is 1. The summed E-state index contributed by atoms with van der Waals surface area (Å²) < 4.78 is 5.36. The Balaban J connectivity index is 1.89. The lowest BCUT2D eigenvalue weighted by Gasteiger charge is -2.38. The first-order valence-corrected chi connectivity index (χ1v) is 8.14. The van der Waals surface area contributed by atoms with Gasteiger partial charge in [0.15, 0.2) is 0 Å². The Bertz CT molecular complexity index is 501. The minimum atomic E-state index is -0.0612. The third kappa shape index (κ3) is 2.38. The van der Waals surface area contributed by atoms with Gasteiger partial charge >= 0.3 is 5.97 Å². The van der Waals surface area contributed by atoms with Crippen LogP contribution in [-0.4, -0.2) is 29.6 Å². The van der Waals surface area contributed by atoms with Gasteiger partial charge in [-0.25, -0.2) is 0 Å². The second kappa shape index (κ2) is 5.80. The Kier molecular flexibility index (Phi) is 4.03. The fourth-order valence-corrected chi connectivity index (χ4v) is 4.42. The molecular formula is C18H25NO2. The summed E-state index contributed by atoms with van der Waals surface area (Å²) in [6.07, 6.45) is 2.37. The Morgan fingerprint density at radius 3 is 2.71 bits per heavy atom. The van der Waals surface area contributed by atoms with Crippen molar-refractivity contribution in [2.24, 2.45) is 11.8 Å². The summed E-state index contributed by atoms with van der Waals surface area (Å²) in [4.78, 5) is 14.9. The van der Waals surface area contributed by atoms with Gasteiger partial charge in [0.1, 0.15) is 6.04 Å². The summed E-state index contributed by atoms with van der Waals surface area (Å²) in [5.41, 5.74) is 1.28. The van der Waals surface area contributed by atoms with E-state index in [1.165, 1.54) is 12.0 Å². The van der Waals surface area contributed by atoms with Crippen LogP contribution in [0.1, 0.15) is 45.2 Å². The second-order valence-corrected chi connectivity index (χ2v) is 6.40. The molecular weight excluding hydrogens is 262 g/mol. The molecule has 0 aromatic heterocycles. The van der Waals surface area contributed by atoms with E-state index in [2.05, 4.69) is 43.0 Å². The van der Waals surface area contributed by atoms with Crippen LogP contribution in [0.15, 0.2) is 30.3 Å². The molecule has 1 saturated carbocycles. The van der Waals surface area contributed by atoms with E-state index in [0.717, 1.165) is 6.42 Å². The van der Waals surface area contributed by atoms with Gasteiger partial charge in [-0.1, -0.05) is 37.3 Å². The molecule has 1 aliphatic carbocycles. The number of carbonyl (C=O) groups excluding carboxylic acids is 1. The van der Waals surface area contributed by atoms with Crippen molar-refractivity contribution in [3.63, 3.8) is 0 Å². The number of carbonyl (C=O) groups is 1. The average Bonchev–Trinajstić information content (AvgIpc) is 3.00. The zero-order valence-corrected chi connectivity index (χ0v) is 13.2. The molecule has 1 aliphatic heterocycles. The fourth-order valence-electron chi connectivity index (χ4n) is 4.42. The number of fused-ring (bicyclic) bond motifs is 2. The van der Waals surface area contributed by atoms with Crippen LogP contribution in [0.3, 0.4) is 0 Å². The van der Waals surface area contributed by atoms with Crippen LogP contribution in [0.2, 0.25) is 0 Å². The third-order valence-corrected chi connectivity index (χ3v) is 5.45. The molecule has 2 aliphatic rings. The van der Waals surface area contributed by atoms with Crippen LogP contribution < -0.4 is 0 Å². The average molecular weight is 287 g/mol. The summed E-state index contributed by atoms with van der Waals surface area (Å²) in [5.74, 6) is 1.02. The molecule has 3 rings (SSSR count). The minimum absolute atomic E-state index is 0.0284. The van der Waals surface area contributed by atoms with E-state index in [0.29, 0.717) is 24.5 Å². The van der Waals surface area contributed by atoms with Gasteiger partial charge in [0.25, 0.3) is 0 Å². The van der Waals surface area contributed by atoms with Crippen molar-refractivity contribution in [2.75, 3.05) is 6.61 Å². The summed E-state index contributed by atoms with van der Waals surface area (Å²) in [7, 11) is 0. The van der Waals surface area contributed by atoms with Gasteiger partial charge in [0.2, 0.25) is 0 Å². The fraction of sp³-hybridized carbons (Fsp3) is 0.611. The van der Waals surface area contributed by atoms with Crippen molar-refractivity contribution in [1.29, 1.82) is 0 Å². The monoisotopic (exact) mass is 287 g/mol. The SMILES string of the molecule is CCOC(=O)[C@@H]1C2CCC([C@H]2C)N1[C@H](C)c1ccccc1. The highest BCUT2D eigenvalue weighted by atomic mass is 16.5. The lowest BCUT2D eigenvalue weighted by atomic mass is 9.92. The van der Waals surface area contributed by atoms with E-state index in [4.69, 9.17) is 4.74 Å². The maximum Gasteiger partial charge on any atom is 0.323 e. The molecule has 0 radical (unpaired) electrons. The highest BCUT2D eigenvalue weighted by Crippen LogP contribution is 2.50. The van der Waals surface area contributed by atoms with E-state index in [1.807, 2.05) is 13.0 Å². The van der Waals surface area contributed by atoms with Gasteiger partial charge in [0.05, 0.1) is 6.61 Å². The topological polar surface area (TPSA) is 29.5 Å². The summed E-state index contributed by atoms with van der Waals surface area (Å²) in [6, 6.07) is 11.2. The number of ether oxygens (including phenoxy) is 1. The van der Waals surface area contributed by atoms with Crippen LogP contribution >= 0.6 is 0 Å². The maximum absolute atomic E-state index is 12.5. The van der Waals surface area contributed by atoms with Gasteiger partial charge in [-0.05, 0) is 44.1 Å². The van der Waals surface area contributed by atoms with Gasteiger partial charge in [0, 0.05) is 12.1 Å². The number of likely N-dealkylation sites (tertiary alicyclic amines) is 1. The Morgan fingerprint density at radius 1 is 1.33 bits per heavy atom. The standard InChI is InChI=1S/C18H25NO2/c1-4-21-18(20)17-15-10-11-16(12(15)2)19(17)13(3)14-8-6-5-7-9-14/h5-9,12-13,15-17H,4,10-11H2,1-3H3/t12-,13+,15?,16?,17-/m0/s1. The van der Waals surface area contributed by atoms with Crippen LogP contribution in [0.25, 0.3) is 0 Å². The van der Waals surface area contributed by atoms with E-state index in [9.17, 15) is 4.79 Å². The molecule has 0 amide bonds. The number of hydrogen-bond donors (Lipinski definition) is 0. The lowest BCUT2D eigenvalue weighted by Crippen LogP contribution is -2.47. The van der Waals surface area contributed by atoms with Crippen molar-refractivity contribution < 1.29 is 9.53 Å². The lowest BCUT2D eigenvalue weighted by molar-refractivity contribution is -0.152.